The molecule has 0 spiro atoms. The van der Waals surface area contributed by atoms with Gasteiger partial charge in [-0.2, -0.15) is 0 Å². The first-order chi connectivity index (χ1) is 11.6. The van der Waals surface area contributed by atoms with E-state index in [1.54, 1.807) is 0 Å². The first kappa shape index (κ1) is 17.0. The van der Waals surface area contributed by atoms with Crippen LogP contribution in [0.4, 0.5) is 0 Å². The van der Waals surface area contributed by atoms with Crippen LogP contribution in [0.5, 0.6) is 0 Å². The SMILES string of the molecule is O=C(CC1CCc2ccccc2C1)NC(C(=O)O)C1CCCOC1. The summed E-state index contributed by atoms with van der Waals surface area (Å²) < 4.78 is 5.37. The highest BCUT2D eigenvalue weighted by Gasteiger charge is 2.32. The summed E-state index contributed by atoms with van der Waals surface area (Å²) >= 11 is 0. The molecule has 130 valence electrons. The number of carboxylic acid groups (broad SMARTS) is 1. The predicted octanol–water partition coefficient (Wildman–Crippen LogP) is 2.18. The maximum Gasteiger partial charge on any atom is 0.326 e. The molecule has 5 nitrogen and oxygen atoms in total. The Hall–Kier alpha value is -1.88. The molecule has 0 saturated carbocycles. The van der Waals surface area contributed by atoms with Crippen LogP contribution in [0.25, 0.3) is 0 Å². The standard InChI is InChI=1S/C19H25NO4/c21-17(20-18(19(22)23)16-6-3-9-24-12-16)11-13-7-8-14-4-1-2-5-15(14)10-13/h1-2,4-5,13,16,18H,3,6-12H2,(H,20,21)(H,22,23). The highest BCUT2D eigenvalue weighted by atomic mass is 16.5. The molecule has 2 N–H and O–H groups in total. The molecule has 1 aliphatic heterocycles. The zero-order valence-corrected chi connectivity index (χ0v) is 13.9. The monoisotopic (exact) mass is 331 g/mol. The summed E-state index contributed by atoms with van der Waals surface area (Å²) in [7, 11) is 0. The number of carboxylic acids is 1. The van der Waals surface area contributed by atoms with Crippen molar-refractivity contribution >= 4 is 11.9 Å². The van der Waals surface area contributed by atoms with Crippen molar-refractivity contribution in [3.05, 3.63) is 35.4 Å². The molecule has 1 fully saturated rings. The van der Waals surface area contributed by atoms with Crippen LogP contribution >= 0.6 is 0 Å². The van der Waals surface area contributed by atoms with E-state index in [0.717, 1.165) is 32.1 Å². The summed E-state index contributed by atoms with van der Waals surface area (Å²) in [5.74, 6) is -0.963. The quantitative estimate of drug-likeness (QED) is 0.867. The van der Waals surface area contributed by atoms with Crippen molar-refractivity contribution in [2.24, 2.45) is 11.8 Å². The van der Waals surface area contributed by atoms with Gasteiger partial charge in [0.25, 0.3) is 0 Å². The molecule has 1 aliphatic carbocycles. The predicted molar refractivity (Wildman–Crippen MR) is 89.7 cm³/mol. The molecule has 1 aromatic rings. The average Bonchev–Trinajstić information content (AvgIpc) is 2.60. The van der Waals surface area contributed by atoms with Gasteiger partial charge >= 0.3 is 5.97 Å². The molecule has 1 saturated heterocycles. The molecule has 0 aromatic heterocycles. The number of carbonyl (C=O) groups is 2. The summed E-state index contributed by atoms with van der Waals surface area (Å²) in [6.45, 7) is 1.09. The largest absolute Gasteiger partial charge is 0.480 e. The second-order valence-corrected chi connectivity index (χ2v) is 6.94. The molecular formula is C19H25NO4. The minimum Gasteiger partial charge on any atom is -0.480 e. The number of aliphatic carboxylic acids is 1. The Kier molecular flexibility index (Phi) is 5.51. The summed E-state index contributed by atoms with van der Waals surface area (Å²) in [6, 6.07) is 7.52. The lowest BCUT2D eigenvalue weighted by molar-refractivity contribution is -0.145. The Morgan fingerprint density at radius 1 is 1.25 bits per heavy atom. The van der Waals surface area contributed by atoms with Crippen molar-refractivity contribution in [1.82, 2.24) is 5.32 Å². The Labute approximate surface area is 142 Å². The second kappa shape index (κ2) is 7.79. The van der Waals surface area contributed by atoms with Crippen molar-refractivity contribution in [1.29, 1.82) is 0 Å². The Balaban J connectivity index is 1.55. The van der Waals surface area contributed by atoms with Crippen molar-refractivity contribution < 1.29 is 19.4 Å². The van der Waals surface area contributed by atoms with E-state index >= 15 is 0 Å². The maximum absolute atomic E-state index is 12.4. The van der Waals surface area contributed by atoms with E-state index < -0.39 is 12.0 Å². The van der Waals surface area contributed by atoms with Crippen LogP contribution < -0.4 is 5.32 Å². The van der Waals surface area contributed by atoms with Gasteiger partial charge in [0.2, 0.25) is 5.91 Å². The van der Waals surface area contributed by atoms with Gasteiger partial charge in [-0.3, -0.25) is 4.79 Å². The van der Waals surface area contributed by atoms with Crippen LogP contribution in [-0.4, -0.2) is 36.2 Å². The zero-order chi connectivity index (χ0) is 16.9. The molecule has 0 radical (unpaired) electrons. The molecule has 3 rings (SSSR count). The maximum atomic E-state index is 12.4. The number of fused-ring (bicyclic) bond motifs is 1. The van der Waals surface area contributed by atoms with Crippen LogP contribution in [0.2, 0.25) is 0 Å². The number of ether oxygens (including phenoxy) is 1. The van der Waals surface area contributed by atoms with E-state index in [-0.39, 0.29) is 17.7 Å². The number of carbonyl (C=O) groups excluding carboxylic acids is 1. The smallest absolute Gasteiger partial charge is 0.326 e. The topological polar surface area (TPSA) is 75.6 Å². The highest BCUT2D eigenvalue weighted by molar-refractivity contribution is 5.84. The number of hydrogen-bond acceptors (Lipinski definition) is 3. The molecule has 3 unspecified atom stereocenters. The van der Waals surface area contributed by atoms with Crippen LogP contribution in [0.15, 0.2) is 24.3 Å². The molecule has 1 heterocycles. The fourth-order valence-electron chi connectivity index (χ4n) is 3.85. The van der Waals surface area contributed by atoms with Crippen molar-refractivity contribution in [2.75, 3.05) is 13.2 Å². The lowest BCUT2D eigenvalue weighted by Gasteiger charge is -2.29. The number of rotatable bonds is 5. The molecule has 3 atom stereocenters. The van der Waals surface area contributed by atoms with E-state index in [9.17, 15) is 14.7 Å². The van der Waals surface area contributed by atoms with Gasteiger partial charge in [0, 0.05) is 18.9 Å². The second-order valence-electron chi connectivity index (χ2n) is 6.94. The molecule has 24 heavy (non-hydrogen) atoms. The lowest BCUT2D eigenvalue weighted by atomic mass is 9.82. The van der Waals surface area contributed by atoms with Crippen LogP contribution in [-0.2, 0) is 27.2 Å². The van der Waals surface area contributed by atoms with Gasteiger partial charge in [0.05, 0.1) is 6.61 Å². The first-order valence-electron chi connectivity index (χ1n) is 8.80. The molecule has 1 amide bonds. The van der Waals surface area contributed by atoms with Gasteiger partial charge in [-0.1, -0.05) is 24.3 Å². The number of hydrogen-bond donors (Lipinski definition) is 2. The van der Waals surface area contributed by atoms with Gasteiger partial charge in [-0.25, -0.2) is 4.79 Å². The fourth-order valence-corrected chi connectivity index (χ4v) is 3.85. The van der Waals surface area contributed by atoms with Gasteiger partial charge in [0.15, 0.2) is 0 Å². The summed E-state index contributed by atoms with van der Waals surface area (Å²) in [4.78, 5) is 23.9. The lowest BCUT2D eigenvalue weighted by Crippen LogP contribution is -2.48. The van der Waals surface area contributed by atoms with Crippen molar-refractivity contribution in [3.63, 3.8) is 0 Å². The Morgan fingerprint density at radius 2 is 2.04 bits per heavy atom. The number of aryl methyl sites for hydroxylation is 1. The van der Waals surface area contributed by atoms with E-state index in [1.165, 1.54) is 11.1 Å². The minimum atomic E-state index is -0.965. The van der Waals surface area contributed by atoms with E-state index in [0.29, 0.717) is 19.6 Å². The fraction of sp³-hybridized carbons (Fsp3) is 0.579. The van der Waals surface area contributed by atoms with Crippen LogP contribution in [0.3, 0.4) is 0 Å². The van der Waals surface area contributed by atoms with Gasteiger partial charge in [0.1, 0.15) is 6.04 Å². The van der Waals surface area contributed by atoms with Crippen LogP contribution in [0.1, 0.15) is 36.8 Å². The molecule has 1 aromatic carbocycles. The summed E-state index contributed by atoms with van der Waals surface area (Å²) in [6.07, 6.45) is 4.90. The third-order valence-corrected chi connectivity index (χ3v) is 5.17. The van der Waals surface area contributed by atoms with E-state index in [2.05, 4.69) is 23.5 Å². The van der Waals surface area contributed by atoms with Crippen LogP contribution in [0, 0.1) is 11.8 Å². The van der Waals surface area contributed by atoms with Crippen molar-refractivity contribution in [2.45, 2.75) is 44.6 Å². The normalized spacial score (nSPS) is 24.7. The highest BCUT2D eigenvalue weighted by Crippen LogP contribution is 2.27. The number of benzene rings is 1. The number of amides is 1. The molecule has 2 aliphatic rings. The molecule has 0 bridgehead atoms. The Morgan fingerprint density at radius 3 is 2.75 bits per heavy atom. The average molecular weight is 331 g/mol. The first-order valence-corrected chi connectivity index (χ1v) is 8.80. The molecular weight excluding hydrogens is 306 g/mol. The number of nitrogens with one attached hydrogen (secondary N) is 1. The third kappa shape index (κ3) is 4.15. The minimum absolute atomic E-state index is 0.132. The third-order valence-electron chi connectivity index (χ3n) is 5.17. The zero-order valence-electron chi connectivity index (χ0n) is 13.9. The molecule has 5 heteroatoms. The Bertz CT molecular complexity index is 595. The van der Waals surface area contributed by atoms with E-state index in [4.69, 9.17) is 4.74 Å². The van der Waals surface area contributed by atoms with Crippen molar-refractivity contribution in [3.8, 4) is 0 Å². The summed E-state index contributed by atoms with van der Waals surface area (Å²) in [5, 5.41) is 12.2. The summed E-state index contributed by atoms with van der Waals surface area (Å²) in [5.41, 5.74) is 2.69. The van der Waals surface area contributed by atoms with Gasteiger partial charge < -0.3 is 15.2 Å². The van der Waals surface area contributed by atoms with Gasteiger partial charge in [-0.05, 0) is 49.1 Å². The van der Waals surface area contributed by atoms with Gasteiger partial charge in [-0.15, -0.1) is 0 Å². The van der Waals surface area contributed by atoms with E-state index in [1.807, 2.05) is 6.07 Å².